The molecule has 23 heavy (non-hydrogen) atoms. The number of rotatable bonds is 4. The molecule has 0 aromatic heterocycles. The molecular formula is C17H17N3O3. The summed E-state index contributed by atoms with van der Waals surface area (Å²) in [5, 5.41) is 14.9. The second kappa shape index (κ2) is 6.83. The molecule has 0 fully saturated rings. The number of nitrogens with zero attached hydrogens (tertiary/aromatic N) is 2. The van der Waals surface area contributed by atoms with Crippen molar-refractivity contribution in [2.45, 2.75) is 20.8 Å². The van der Waals surface area contributed by atoms with Crippen molar-refractivity contribution in [2.75, 3.05) is 0 Å². The fourth-order valence-corrected chi connectivity index (χ4v) is 2.14. The highest BCUT2D eigenvalue weighted by atomic mass is 16.6. The van der Waals surface area contributed by atoms with Crippen molar-refractivity contribution in [1.29, 1.82) is 0 Å². The summed E-state index contributed by atoms with van der Waals surface area (Å²) in [5.41, 5.74) is 5.93. The quantitative estimate of drug-likeness (QED) is 0.533. The maximum absolute atomic E-state index is 12.1. The summed E-state index contributed by atoms with van der Waals surface area (Å²) >= 11 is 0. The van der Waals surface area contributed by atoms with Gasteiger partial charge in [0.05, 0.1) is 10.6 Å². The standard InChI is InChI=1S/C17H17N3O3/c1-11-5-4-6-14(9-11)13(3)18-19-17(21)15-7-8-16(20(22)23)12(2)10-15/h4-10H,1-3H3,(H,19,21)/b18-13+. The van der Waals surface area contributed by atoms with Crippen molar-refractivity contribution in [2.24, 2.45) is 5.10 Å². The third kappa shape index (κ3) is 4.00. The van der Waals surface area contributed by atoms with E-state index >= 15 is 0 Å². The molecule has 0 saturated carbocycles. The molecule has 0 aliphatic rings. The summed E-state index contributed by atoms with van der Waals surface area (Å²) in [6.07, 6.45) is 0. The molecule has 0 heterocycles. The first kappa shape index (κ1) is 16.4. The van der Waals surface area contributed by atoms with E-state index in [-0.39, 0.29) is 5.69 Å². The molecule has 1 amide bonds. The molecule has 0 bridgehead atoms. The molecule has 6 nitrogen and oxygen atoms in total. The van der Waals surface area contributed by atoms with E-state index < -0.39 is 10.8 Å². The van der Waals surface area contributed by atoms with Gasteiger partial charge in [-0.05, 0) is 38.5 Å². The van der Waals surface area contributed by atoms with Gasteiger partial charge in [-0.3, -0.25) is 14.9 Å². The molecular weight excluding hydrogens is 294 g/mol. The lowest BCUT2D eigenvalue weighted by atomic mass is 10.1. The van der Waals surface area contributed by atoms with Gasteiger partial charge >= 0.3 is 0 Å². The largest absolute Gasteiger partial charge is 0.272 e. The third-order valence-corrected chi connectivity index (χ3v) is 3.42. The summed E-state index contributed by atoms with van der Waals surface area (Å²) in [6, 6.07) is 12.0. The Hall–Kier alpha value is -3.02. The Bertz CT molecular complexity index is 797. The van der Waals surface area contributed by atoms with E-state index in [9.17, 15) is 14.9 Å². The number of nitro groups is 1. The molecule has 2 rings (SSSR count). The maximum Gasteiger partial charge on any atom is 0.272 e. The van der Waals surface area contributed by atoms with Crippen LogP contribution in [0.15, 0.2) is 47.6 Å². The van der Waals surface area contributed by atoms with Crippen LogP contribution in [0, 0.1) is 24.0 Å². The Kier molecular flexibility index (Phi) is 4.85. The first-order valence-corrected chi connectivity index (χ1v) is 7.05. The number of aryl methyl sites for hydroxylation is 2. The van der Waals surface area contributed by atoms with Gasteiger partial charge in [0.25, 0.3) is 11.6 Å². The van der Waals surface area contributed by atoms with Gasteiger partial charge in [-0.25, -0.2) is 5.43 Å². The Morgan fingerprint density at radius 2 is 1.87 bits per heavy atom. The van der Waals surface area contributed by atoms with Gasteiger partial charge in [-0.2, -0.15) is 5.10 Å². The molecule has 2 aromatic rings. The normalized spacial score (nSPS) is 11.2. The maximum atomic E-state index is 12.1. The van der Waals surface area contributed by atoms with Gasteiger partial charge < -0.3 is 0 Å². The van der Waals surface area contributed by atoms with Gasteiger partial charge in [0.1, 0.15) is 0 Å². The number of carbonyl (C=O) groups excluding carboxylic acids is 1. The zero-order valence-corrected chi connectivity index (χ0v) is 13.2. The van der Waals surface area contributed by atoms with Crippen molar-refractivity contribution < 1.29 is 9.72 Å². The molecule has 118 valence electrons. The minimum absolute atomic E-state index is 0.0130. The topological polar surface area (TPSA) is 84.6 Å². The van der Waals surface area contributed by atoms with E-state index in [1.165, 1.54) is 18.2 Å². The lowest BCUT2D eigenvalue weighted by Crippen LogP contribution is -2.19. The SMILES string of the molecule is C/C(=N\NC(=O)c1ccc([N+](=O)[O-])c(C)c1)c1cccc(C)c1. The van der Waals surface area contributed by atoms with Crippen molar-refractivity contribution in [1.82, 2.24) is 5.43 Å². The second-order valence-electron chi connectivity index (χ2n) is 5.27. The van der Waals surface area contributed by atoms with E-state index in [2.05, 4.69) is 10.5 Å². The Balaban J connectivity index is 2.14. The lowest BCUT2D eigenvalue weighted by molar-refractivity contribution is -0.385. The van der Waals surface area contributed by atoms with Crippen LogP contribution in [0.25, 0.3) is 0 Å². The summed E-state index contributed by atoms with van der Waals surface area (Å²) in [5.74, 6) is -0.407. The van der Waals surface area contributed by atoms with E-state index in [4.69, 9.17) is 0 Å². The highest BCUT2D eigenvalue weighted by molar-refractivity contribution is 6.01. The Morgan fingerprint density at radius 1 is 1.13 bits per heavy atom. The molecule has 0 spiro atoms. The van der Waals surface area contributed by atoms with E-state index in [1.54, 1.807) is 13.8 Å². The molecule has 0 atom stereocenters. The van der Waals surface area contributed by atoms with Gasteiger partial charge in [0.2, 0.25) is 0 Å². The van der Waals surface area contributed by atoms with Crippen LogP contribution in [0.1, 0.15) is 34.0 Å². The van der Waals surface area contributed by atoms with Crippen LogP contribution in [0.5, 0.6) is 0 Å². The van der Waals surface area contributed by atoms with E-state index in [0.717, 1.165) is 11.1 Å². The minimum Gasteiger partial charge on any atom is -0.267 e. The third-order valence-electron chi connectivity index (χ3n) is 3.42. The van der Waals surface area contributed by atoms with Gasteiger partial charge in [0, 0.05) is 17.2 Å². The molecule has 2 aromatic carbocycles. The van der Waals surface area contributed by atoms with Crippen molar-refractivity contribution in [3.63, 3.8) is 0 Å². The van der Waals surface area contributed by atoms with Gasteiger partial charge in [0.15, 0.2) is 0 Å². The predicted octanol–water partition coefficient (Wildman–Crippen LogP) is 3.37. The van der Waals surface area contributed by atoms with Crippen LogP contribution in [0.4, 0.5) is 5.69 Å². The molecule has 0 aliphatic carbocycles. The molecule has 1 N–H and O–H groups in total. The number of nitro benzene ring substituents is 1. The first-order chi connectivity index (χ1) is 10.9. The number of hydrogen-bond donors (Lipinski definition) is 1. The van der Waals surface area contributed by atoms with Crippen LogP contribution in [0.2, 0.25) is 0 Å². The van der Waals surface area contributed by atoms with Gasteiger partial charge in [-0.1, -0.05) is 29.8 Å². The number of hydrogen-bond acceptors (Lipinski definition) is 4. The highest BCUT2D eigenvalue weighted by Crippen LogP contribution is 2.18. The Morgan fingerprint density at radius 3 is 2.48 bits per heavy atom. The molecule has 6 heteroatoms. The van der Waals surface area contributed by atoms with Crippen LogP contribution < -0.4 is 5.43 Å². The average molecular weight is 311 g/mol. The smallest absolute Gasteiger partial charge is 0.267 e. The summed E-state index contributed by atoms with van der Waals surface area (Å²) in [6.45, 7) is 5.38. The van der Waals surface area contributed by atoms with Crippen LogP contribution in [-0.4, -0.2) is 16.5 Å². The first-order valence-electron chi connectivity index (χ1n) is 7.05. The molecule has 0 saturated heterocycles. The van der Waals surface area contributed by atoms with Crippen LogP contribution in [0.3, 0.4) is 0 Å². The number of amides is 1. The van der Waals surface area contributed by atoms with Crippen molar-refractivity contribution in [3.05, 3.63) is 74.8 Å². The monoisotopic (exact) mass is 311 g/mol. The summed E-state index contributed by atoms with van der Waals surface area (Å²) < 4.78 is 0. The summed E-state index contributed by atoms with van der Waals surface area (Å²) in [7, 11) is 0. The fourth-order valence-electron chi connectivity index (χ4n) is 2.14. The number of hydrazone groups is 1. The molecule has 0 radical (unpaired) electrons. The zero-order valence-electron chi connectivity index (χ0n) is 13.2. The van der Waals surface area contributed by atoms with Crippen LogP contribution in [-0.2, 0) is 0 Å². The minimum atomic E-state index is -0.475. The van der Waals surface area contributed by atoms with E-state index in [1.807, 2.05) is 31.2 Å². The van der Waals surface area contributed by atoms with Gasteiger partial charge in [-0.15, -0.1) is 0 Å². The number of nitrogens with one attached hydrogen (secondary N) is 1. The Labute approximate surface area is 134 Å². The van der Waals surface area contributed by atoms with E-state index in [0.29, 0.717) is 16.8 Å². The predicted molar refractivity (Wildman–Crippen MR) is 88.7 cm³/mol. The number of carbonyl (C=O) groups is 1. The molecule has 0 aliphatic heterocycles. The van der Waals surface area contributed by atoms with Crippen molar-refractivity contribution in [3.8, 4) is 0 Å². The van der Waals surface area contributed by atoms with Crippen LogP contribution >= 0.6 is 0 Å². The summed E-state index contributed by atoms with van der Waals surface area (Å²) in [4.78, 5) is 22.4. The molecule has 0 unspecified atom stereocenters. The fraction of sp³-hybridized carbons (Fsp3) is 0.176. The zero-order chi connectivity index (χ0) is 17.0. The highest BCUT2D eigenvalue weighted by Gasteiger charge is 2.13. The second-order valence-corrected chi connectivity index (χ2v) is 5.27. The number of benzene rings is 2. The lowest BCUT2D eigenvalue weighted by Gasteiger charge is -2.05. The van der Waals surface area contributed by atoms with Crippen molar-refractivity contribution >= 4 is 17.3 Å². The average Bonchev–Trinajstić information content (AvgIpc) is 2.51.